The van der Waals surface area contributed by atoms with E-state index in [-0.39, 0.29) is 6.42 Å². The Morgan fingerprint density at radius 1 is 1.50 bits per heavy atom. The largest absolute Gasteiger partial charge is 0.474 e. The normalized spacial score (nSPS) is 26.9. The van der Waals surface area contributed by atoms with Crippen LogP contribution in [0, 0.1) is 5.92 Å². The maximum absolute atomic E-state index is 11.8. The summed E-state index contributed by atoms with van der Waals surface area (Å²) >= 11 is 0. The molecule has 0 spiro atoms. The van der Waals surface area contributed by atoms with Crippen molar-refractivity contribution in [2.75, 3.05) is 0 Å². The van der Waals surface area contributed by atoms with Gasteiger partial charge in [0, 0.05) is 12.0 Å². The van der Waals surface area contributed by atoms with Crippen molar-refractivity contribution in [1.29, 1.82) is 0 Å². The van der Waals surface area contributed by atoms with Crippen molar-refractivity contribution in [3.05, 3.63) is 0 Å². The lowest BCUT2D eigenvalue weighted by Crippen LogP contribution is -2.33. The van der Waals surface area contributed by atoms with E-state index in [1.165, 1.54) is 0 Å². The molecule has 6 heteroatoms. The number of carboxylic acids is 1. The zero-order chi connectivity index (χ0) is 9.30. The van der Waals surface area contributed by atoms with Crippen molar-refractivity contribution in [1.82, 2.24) is 5.32 Å². The van der Waals surface area contributed by atoms with Gasteiger partial charge in [0.25, 0.3) is 0 Å². The van der Waals surface area contributed by atoms with Crippen LogP contribution in [0.25, 0.3) is 0 Å². The van der Waals surface area contributed by atoms with Gasteiger partial charge in [0.1, 0.15) is 0 Å². The third-order valence-electron chi connectivity index (χ3n) is 1.67. The Morgan fingerprint density at radius 2 is 2.08 bits per heavy atom. The first kappa shape index (κ1) is 8.89. The molecule has 1 amide bonds. The number of carboxylic acid groups (broad SMARTS) is 1. The molecule has 0 radical (unpaired) electrons. The van der Waals surface area contributed by atoms with Crippen LogP contribution in [0.1, 0.15) is 6.42 Å². The van der Waals surface area contributed by atoms with E-state index in [0.29, 0.717) is 0 Å². The van der Waals surface area contributed by atoms with Gasteiger partial charge in [0.05, 0.1) is 0 Å². The Bertz CT molecular complexity index is 219. The highest BCUT2D eigenvalue weighted by molar-refractivity contribution is 6.31. The summed E-state index contributed by atoms with van der Waals surface area (Å²) < 4.78 is 23.6. The summed E-state index contributed by atoms with van der Waals surface area (Å²) in [6, 6.07) is -0.659. The van der Waals surface area contributed by atoms with E-state index in [9.17, 15) is 18.4 Å². The lowest BCUT2D eigenvalue weighted by molar-refractivity contribution is -0.150. The number of hydrogen-bond donors (Lipinski definition) is 2. The average molecular weight is 179 g/mol. The van der Waals surface area contributed by atoms with Crippen LogP contribution in [0.15, 0.2) is 0 Å². The maximum Gasteiger partial charge on any atom is 0.394 e. The summed E-state index contributed by atoms with van der Waals surface area (Å²) in [4.78, 5) is 20.3. The minimum atomic E-state index is -2.48. The summed E-state index contributed by atoms with van der Waals surface area (Å²) in [5.74, 6) is -3.73. The quantitative estimate of drug-likeness (QED) is 0.579. The summed E-state index contributed by atoms with van der Waals surface area (Å²) in [5.41, 5.74) is 0. The van der Waals surface area contributed by atoms with E-state index in [0.717, 1.165) is 0 Å². The monoisotopic (exact) mass is 179 g/mol. The molecule has 0 saturated heterocycles. The standard InChI is InChI=1S/C6H7F2NO3/c7-4(8)2-1-3(2)9-5(10)6(11)12/h2-4H,1H2,(H,9,10)(H,11,12)/t2-,3-/m0/s1. The number of halogens is 2. The molecule has 2 atom stereocenters. The third-order valence-corrected chi connectivity index (χ3v) is 1.67. The van der Waals surface area contributed by atoms with Crippen molar-refractivity contribution in [3.8, 4) is 0 Å². The molecular formula is C6H7F2NO3. The molecule has 0 aromatic rings. The molecule has 12 heavy (non-hydrogen) atoms. The van der Waals surface area contributed by atoms with Gasteiger partial charge in [0.2, 0.25) is 6.43 Å². The molecule has 0 heterocycles. The van der Waals surface area contributed by atoms with Crippen LogP contribution in [0.3, 0.4) is 0 Å². The smallest absolute Gasteiger partial charge is 0.394 e. The number of carbonyl (C=O) groups excluding carboxylic acids is 1. The first-order valence-electron chi connectivity index (χ1n) is 3.34. The predicted octanol–water partition coefficient (Wildman–Crippen LogP) is -0.159. The maximum atomic E-state index is 11.8. The second-order valence-corrected chi connectivity index (χ2v) is 2.62. The summed E-state index contributed by atoms with van der Waals surface area (Å²) in [7, 11) is 0. The van der Waals surface area contributed by atoms with Gasteiger partial charge in [-0.3, -0.25) is 4.79 Å². The van der Waals surface area contributed by atoms with E-state index >= 15 is 0 Å². The molecule has 68 valence electrons. The Balaban J connectivity index is 2.28. The predicted molar refractivity (Wildman–Crippen MR) is 33.7 cm³/mol. The Hall–Kier alpha value is -1.20. The van der Waals surface area contributed by atoms with E-state index in [2.05, 4.69) is 0 Å². The molecule has 0 aromatic carbocycles. The zero-order valence-electron chi connectivity index (χ0n) is 5.96. The van der Waals surface area contributed by atoms with Crippen molar-refractivity contribution < 1.29 is 23.5 Å². The second kappa shape index (κ2) is 3.04. The van der Waals surface area contributed by atoms with Gasteiger partial charge in [-0.15, -0.1) is 0 Å². The zero-order valence-corrected chi connectivity index (χ0v) is 5.96. The number of nitrogens with one attached hydrogen (secondary N) is 1. The van der Waals surface area contributed by atoms with Crippen molar-refractivity contribution in [2.24, 2.45) is 5.92 Å². The number of hydrogen-bond acceptors (Lipinski definition) is 2. The van der Waals surface area contributed by atoms with Gasteiger partial charge in [-0.25, -0.2) is 13.6 Å². The summed E-state index contributed by atoms with van der Waals surface area (Å²) in [6.45, 7) is 0. The van der Waals surface area contributed by atoms with E-state index in [1.54, 1.807) is 0 Å². The fourth-order valence-electron chi connectivity index (χ4n) is 0.889. The molecular weight excluding hydrogens is 172 g/mol. The molecule has 4 nitrogen and oxygen atoms in total. The van der Waals surface area contributed by atoms with Crippen LogP contribution < -0.4 is 5.32 Å². The Kier molecular flexibility index (Phi) is 2.25. The highest BCUT2D eigenvalue weighted by atomic mass is 19.3. The van der Waals surface area contributed by atoms with Crippen LogP contribution >= 0.6 is 0 Å². The Labute approximate surface area is 66.6 Å². The number of alkyl halides is 2. The third kappa shape index (κ3) is 1.90. The fourth-order valence-corrected chi connectivity index (χ4v) is 0.889. The van der Waals surface area contributed by atoms with Gasteiger partial charge in [-0.05, 0) is 6.42 Å². The second-order valence-electron chi connectivity index (χ2n) is 2.62. The molecule has 1 aliphatic rings. The number of rotatable bonds is 2. The number of amides is 1. The van der Waals surface area contributed by atoms with E-state index < -0.39 is 30.3 Å². The average Bonchev–Trinajstić information content (AvgIpc) is 2.67. The molecule has 1 aliphatic carbocycles. The van der Waals surface area contributed by atoms with Crippen LogP contribution in [-0.4, -0.2) is 29.5 Å². The molecule has 1 saturated carbocycles. The van der Waals surface area contributed by atoms with Gasteiger partial charge in [-0.1, -0.05) is 0 Å². The van der Waals surface area contributed by atoms with Crippen LogP contribution in [0.2, 0.25) is 0 Å². The molecule has 0 aliphatic heterocycles. The van der Waals surface area contributed by atoms with Crippen LogP contribution in [-0.2, 0) is 9.59 Å². The molecule has 1 fully saturated rings. The van der Waals surface area contributed by atoms with E-state index in [4.69, 9.17) is 5.11 Å². The summed E-state index contributed by atoms with van der Waals surface area (Å²) in [6.07, 6.45) is -2.32. The lowest BCUT2D eigenvalue weighted by Gasteiger charge is -1.99. The number of carbonyl (C=O) groups is 2. The first-order valence-corrected chi connectivity index (χ1v) is 3.34. The first-order chi connectivity index (χ1) is 5.52. The van der Waals surface area contributed by atoms with Gasteiger partial charge in [-0.2, -0.15) is 0 Å². The topological polar surface area (TPSA) is 66.4 Å². The molecule has 0 unspecified atom stereocenters. The minimum absolute atomic E-state index is 0.163. The van der Waals surface area contributed by atoms with E-state index in [1.807, 2.05) is 5.32 Å². The molecule has 0 bridgehead atoms. The summed E-state index contributed by atoms with van der Waals surface area (Å²) in [5, 5.41) is 10.1. The highest BCUT2D eigenvalue weighted by Gasteiger charge is 2.45. The number of aliphatic carboxylic acids is 1. The van der Waals surface area contributed by atoms with Gasteiger partial charge < -0.3 is 10.4 Å². The molecule has 0 aromatic heterocycles. The van der Waals surface area contributed by atoms with Crippen molar-refractivity contribution in [3.63, 3.8) is 0 Å². The van der Waals surface area contributed by atoms with Crippen molar-refractivity contribution in [2.45, 2.75) is 18.9 Å². The fraction of sp³-hybridized carbons (Fsp3) is 0.667. The van der Waals surface area contributed by atoms with Gasteiger partial charge >= 0.3 is 11.9 Å². The molecule has 2 N–H and O–H groups in total. The van der Waals surface area contributed by atoms with Crippen molar-refractivity contribution >= 4 is 11.9 Å². The molecule has 1 rings (SSSR count). The Morgan fingerprint density at radius 3 is 2.42 bits per heavy atom. The minimum Gasteiger partial charge on any atom is -0.474 e. The highest BCUT2D eigenvalue weighted by Crippen LogP contribution is 2.35. The lowest BCUT2D eigenvalue weighted by atomic mass is 10.4. The SMILES string of the molecule is O=C(O)C(=O)N[C@H]1C[C@@H]1C(F)F. The van der Waals surface area contributed by atoms with Gasteiger partial charge in [0.15, 0.2) is 0 Å². The van der Waals surface area contributed by atoms with Crippen LogP contribution in [0.5, 0.6) is 0 Å². The van der Waals surface area contributed by atoms with Crippen LogP contribution in [0.4, 0.5) is 8.78 Å².